The Morgan fingerprint density at radius 1 is 1.07 bits per heavy atom. The summed E-state index contributed by atoms with van der Waals surface area (Å²) in [6, 6.07) is 17.6. The van der Waals surface area contributed by atoms with E-state index in [-0.39, 0.29) is 31.2 Å². The number of morpholine rings is 1. The standard InChI is InChI=1S/C33H31Cl2N3O6S2/c34-24-5-6-26(27(35)20-24)22-4-7-28(44-15-12-37-10-13-43-14-11-37)23(18-22)19-29-32(42)38(33(45)46-29)9-8-30(39)36-25-3-1-2-21(16-25)17-31(40)41/h1-7,16,18-20H,8-15,17H2,(H,36,39)(H,40,41). The lowest BCUT2D eigenvalue weighted by Gasteiger charge is -2.26. The molecule has 0 saturated carbocycles. The van der Waals surface area contributed by atoms with Crippen LogP contribution in [0.25, 0.3) is 17.2 Å². The molecule has 3 aromatic rings. The first-order chi connectivity index (χ1) is 22.2. The van der Waals surface area contributed by atoms with Crippen LogP contribution < -0.4 is 10.1 Å². The van der Waals surface area contributed by atoms with E-state index < -0.39 is 5.97 Å². The number of carboxylic acid groups (broad SMARTS) is 1. The van der Waals surface area contributed by atoms with Gasteiger partial charge < -0.3 is 19.9 Å². The fourth-order valence-electron chi connectivity index (χ4n) is 5.00. The lowest BCUT2D eigenvalue weighted by atomic mass is 10.0. The monoisotopic (exact) mass is 699 g/mol. The van der Waals surface area contributed by atoms with Crippen LogP contribution in [0.2, 0.25) is 10.0 Å². The van der Waals surface area contributed by atoms with Crippen molar-refractivity contribution < 1.29 is 29.0 Å². The lowest BCUT2D eigenvalue weighted by molar-refractivity contribution is -0.136. The van der Waals surface area contributed by atoms with Crippen LogP contribution in [0.1, 0.15) is 17.5 Å². The molecule has 2 heterocycles. The molecule has 13 heteroatoms. The van der Waals surface area contributed by atoms with E-state index in [0.717, 1.165) is 42.5 Å². The molecule has 2 saturated heterocycles. The number of thiocarbonyl (C=S) groups is 1. The van der Waals surface area contributed by atoms with Gasteiger partial charge in [-0.2, -0.15) is 0 Å². The Morgan fingerprint density at radius 3 is 2.63 bits per heavy atom. The number of carbonyl (C=O) groups excluding carboxylic acids is 2. The van der Waals surface area contributed by atoms with Gasteiger partial charge >= 0.3 is 5.97 Å². The maximum Gasteiger partial charge on any atom is 0.307 e. The highest BCUT2D eigenvalue weighted by molar-refractivity contribution is 8.26. The SMILES string of the molecule is O=C(O)Cc1cccc(NC(=O)CCN2C(=O)C(=Cc3cc(-c4ccc(Cl)cc4Cl)ccc3OCCN3CCOCC3)SC2=S)c1. The van der Waals surface area contributed by atoms with E-state index in [1.807, 2.05) is 24.3 Å². The Labute approximate surface area is 286 Å². The van der Waals surface area contributed by atoms with Crippen molar-refractivity contribution in [2.24, 2.45) is 0 Å². The van der Waals surface area contributed by atoms with E-state index in [0.29, 0.717) is 61.7 Å². The molecule has 240 valence electrons. The van der Waals surface area contributed by atoms with Gasteiger partial charge in [0, 0.05) is 59.5 Å². The van der Waals surface area contributed by atoms with Crippen LogP contribution in [0.5, 0.6) is 5.75 Å². The van der Waals surface area contributed by atoms with Gasteiger partial charge in [0.05, 0.1) is 24.5 Å². The number of hydrogen-bond acceptors (Lipinski definition) is 8. The predicted octanol–water partition coefficient (Wildman–Crippen LogP) is 6.23. The van der Waals surface area contributed by atoms with Gasteiger partial charge in [-0.15, -0.1) is 0 Å². The second-order valence-electron chi connectivity index (χ2n) is 10.6. The third kappa shape index (κ3) is 9.09. The van der Waals surface area contributed by atoms with Gasteiger partial charge in [0.15, 0.2) is 0 Å². The number of nitrogens with zero attached hydrogens (tertiary/aromatic N) is 2. The van der Waals surface area contributed by atoms with Crippen molar-refractivity contribution in [3.63, 3.8) is 0 Å². The summed E-state index contributed by atoms with van der Waals surface area (Å²) in [5, 5.41) is 12.8. The van der Waals surface area contributed by atoms with Crippen LogP contribution >= 0.6 is 47.2 Å². The second kappa shape index (κ2) is 15.9. The Morgan fingerprint density at radius 2 is 1.87 bits per heavy atom. The molecule has 0 radical (unpaired) electrons. The Balaban J connectivity index is 1.30. The van der Waals surface area contributed by atoms with Crippen LogP contribution in [0.15, 0.2) is 65.6 Å². The summed E-state index contributed by atoms with van der Waals surface area (Å²) in [6.07, 6.45) is 1.61. The maximum atomic E-state index is 13.5. The number of ether oxygens (including phenoxy) is 2. The molecule has 2 aliphatic heterocycles. The number of rotatable bonds is 12. The van der Waals surface area contributed by atoms with Gasteiger partial charge in [0.1, 0.15) is 16.7 Å². The number of aliphatic carboxylic acids is 1. The summed E-state index contributed by atoms with van der Waals surface area (Å²) in [7, 11) is 0. The molecule has 2 N–H and O–H groups in total. The van der Waals surface area contributed by atoms with Crippen molar-refractivity contribution in [3.05, 3.63) is 86.7 Å². The quantitative estimate of drug-likeness (QED) is 0.168. The first-order valence-electron chi connectivity index (χ1n) is 14.5. The van der Waals surface area contributed by atoms with Crippen LogP contribution in [0.4, 0.5) is 5.69 Å². The molecule has 2 amide bonds. The number of carbonyl (C=O) groups is 3. The second-order valence-corrected chi connectivity index (χ2v) is 13.1. The molecule has 0 aromatic heterocycles. The highest BCUT2D eigenvalue weighted by atomic mass is 35.5. The van der Waals surface area contributed by atoms with Crippen LogP contribution in [0.3, 0.4) is 0 Å². The Bertz CT molecular complexity index is 1680. The average molecular weight is 701 g/mol. The minimum absolute atomic E-state index is 0.00330. The molecule has 0 bridgehead atoms. The number of nitrogens with one attached hydrogen (secondary N) is 1. The highest BCUT2D eigenvalue weighted by Gasteiger charge is 2.32. The fourth-order valence-corrected chi connectivity index (χ4v) is 6.81. The van der Waals surface area contributed by atoms with Gasteiger partial charge in [0.25, 0.3) is 5.91 Å². The molecule has 3 aromatic carbocycles. The molecule has 0 unspecified atom stereocenters. The maximum absolute atomic E-state index is 13.5. The Hall–Kier alpha value is -3.45. The largest absolute Gasteiger partial charge is 0.492 e. The fraction of sp³-hybridized carbons (Fsp3) is 0.273. The van der Waals surface area contributed by atoms with Gasteiger partial charge in [-0.25, -0.2) is 0 Å². The third-order valence-electron chi connectivity index (χ3n) is 7.31. The van der Waals surface area contributed by atoms with Crippen molar-refractivity contribution >= 4 is 81.0 Å². The summed E-state index contributed by atoms with van der Waals surface area (Å²) in [5.41, 5.74) is 3.35. The van der Waals surface area contributed by atoms with Gasteiger partial charge in [-0.05, 0) is 53.6 Å². The van der Waals surface area contributed by atoms with Crippen molar-refractivity contribution in [1.29, 1.82) is 0 Å². The zero-order valence-corrected chi connectivity index (χ0v) is 27.8. The molecular formula is C33H31Cl2N3O6S2. The molecule has 0 spiro atoms. The number of anilines is 1. The van der Waals surface area contributed by atoms with E-state index >= 15 is 0 Å². The van der Waals surface area contributed by atoms with E-state index in [4.69, 9.17) is 50.0 Å². The third-order valence-corrected chi connectivity index (χ3v) is 9.24. The first-order valence-corrected chi connectivity index (χ1v) is 16.5. The van der Waals surface area contributed by atoms with Crippen LogP contribution in [-0.4, -0.2) is 83.0 Å². The summed E-state index contributed by atoms with van der Waals surface area (Å²) in [5.74, 6) is -0.982. The van der Waals surface area contributed by atoms with Gasteiger partial charge in [-0.3, -0.25) is 24.2 Å². The molecule has 9 nitrogen and oxygen atoms in total. The van der Waals surface area contributed by atoms with Crippen molar-refractivity contribution in [1.82, 2.24) is 9.80 Å². The van der Waals surface area contributed by atoms with Gasteiger partial charge in [-0.1, -0.05) is 71.4 Å². The molecule has 2 aliphatic rings. The summed E-state index contributed by atoms with van der Waals surface area (Å²) < 4.78 is 12.0. The average Bonchev–Trinajstić information content (AvgIpc) is 3.28. The summed E-state index contributed by atoms with van der Waals surface area (Å²) in [4.78, 5) is 41.3. The first kappa shape index (κ1) is 33.9. The van der Waals surface area contributed by atoms with E-state index in [1.165, 1.54) is 4.90 Å². The number of hydrogen-bond donors (Lipinski definition) is 2. The van der Waals surface area contributed by atoms with E-state index in [2.05, 4.69) is 10.2 Å². The van der Waals surface area contributed by atoms with Crippen molar-refractivity contribution in [3.8, 4) is 16.9 Å². The molecule has 2 fully saturated rings. The van der Waals surface area contributed by atoms with E-state index in [9.17, 15) is 14.4 Å². The normalized spacial score (nSPS) is 16.2. The lowest BCUT2D eigenvalue weighted by Crippen LogP contribution is -2.38. The number of thioether (sulfide) groups is 1. The number of carboxylic acids is 1. The molecule has 0 aliphatic carbocycles. The minimum Gasteiger partial charge on any atom is -0.492 e. The molecule has 46 heavy (non-hydrogen) atoms. The Kier molecular flexibility index (Phi) is 11.7. The smallest absolute Gasteiger partial charge is 0.307 e. The van der Waals surface area contributed by atoms with E-state index in [1.54, 1.807) is 42.5 Å². The summed E-state index contributed by atoms with van der Waals surface area (Å²) in [6.45, 7) is 4.38. The number of benzene rings is 3. The van der Waals surface area contributed by atoms with Crippen LogP contribution in [-0.2, 0) is 25.5 Å². The highest BCUT2D eigenvalue weighted by Crippen LogP contribution is 2.37. The van der Waals surface area contributed by atoms with Gasteiger partial charge in [0.2, 0.25) is 5.91 Å². The predicted molar refractivity (Wildman–Crippen MR) is 186 cm³/mol. The number of halogens is 2. The summed E-state index contributed by atoms with van der Waals surface area (Å²) >= 11 is 19.3. The molecular weight excluding hydrogens is 669 g/mol. The van der Waals surface area contributed by atoms with Crippen molar-refractivity contribution in [2.45, 2.75) is 12.8 Å². The topological polar surface area (TPSA) is 108 Å². The zero-order valence-electron chi connectivity index (χ0n) is 24.7. The molecule has 0 atom stereocenters. The number of amides is 2. The molecule has 5 rings (SSSR count). The van der Waals surface area contributed by atoms with Crippen molar-refractivity contribution in [2.75, 3.05) is 51.3 Å². The minimum atomic E-state index is -0.960. The van der Waals surface area contributed by atoms with Crippen LogP contribution in [0, 0.1) is 0 Å². The zero-order chi connectivity index (χ0) is 32.6.